The lowest BCUT2D eigenvalue weighted by atomic mass is 10.1. The maximum absolute atomic E-state index is 5.35. The van der Waals surface area contributed by atoms with Crippen LogP contribution in [0.3, 0.4) is 0 Å². The topological polar surface area (TPSA) is 38.9 Å². The van der Waals surface area contributed by atoms with Gasteiger partial charge in [-0.05, 0) is 18.1 Å². The molecule has 0 N–H and O–H groups in total. The average molecular weight is 264 g/mol. The molecular formula is C12H12N2OS2. The summed E-state index contributed by atoms with van der Waals surface area (Å²) in [5.74, 6) is 1.65. The number of thioether (sulfide) groups is 2. The summed E-state index contributed by atoms with van der Waals surface area (Å²) in [4.78, 5) is 1.42. The lowest BCUT2D eigenvalue weighted by Crippen LogP contribution is -2.03. The molecule has 1 aliphatic rings. The number of aryl methyl sites for hydroxylation is 1. The molecule has 3 rings (SSSR count). The Bertz CT molecular complexity index is 502. The summed E-state index contributed by atoms with van der Waals surface area (Å²) in [6, 6.07) is 8.62. The van der Waals surface area contributed by atoms with Crippen LogP contribution < -0.4 is 0 Å². The SMILES string of the molecule is Cc1nnc(SCC2Cc3ccccc3S2)o1. The van der Waals surface area contributed by atoms with Crippen molar-refractivity contribution in [1.82, 2.24) is 10.2 Å². The zero-order chi connectivity index (χ0) is 11.7. The van der Waals surface area contributed by atoms with Crippen LogP contribution >= 0.6 is 23.5 Å². The first-order valence-corrected chi connectivity index (χ1v) is 7.35. The molecule has 1 unspecified atom stereocenters. The Labute approximate surface area is 108 Å². The van der Waals surface area contributed by atoms with Gasteiger partial charge >= 0.3 is 0 Å². The molecule has 1 aromatic carbocycles. The number of hydrogen-bond donors (Lipinski definition) is 0. The molecule has 1 aliphatic heterocycles. The molecule has 0 spiro atoms. The number of fused-ring (bicyclic) bond motifs is 1. The quantitative estimate of drug-likeness (QED) is 0.796. The molecule has 0 bridgehead atoms. The van der Waals surface area contributed by atoms with Gasteiger partial charge in [0.25, 0.3) is 5.22 Å². The van der Waals surface area contributed by atoms with Crippen molar-refractivity contribution in [2.24, 2.45) is 0 Å². The third-order valence-corrected chi connectivity index (χ3v) is 5.12. The summed E-state index contributed by atoms with van der Waals surface area (Å²) in [6.45, 7) is 1.82. The molecule has 0 saturated heterocycles. The number of aromatic nitrogens is 2. The Morgan fingerprint density at radius 3 is 3.06 bits per heavy atom. The van der Waals surface area contributed by atoms with E-state index >= 15 is 0 Å². The van der Waals surface area contributed by atoms with Crippen molar-refractivity contribution in [3.8, 4) is 0 Å². The van der Waals surface area contributed by atoms with Crippen molar-refractivity contribution in [3.63, 3.8) is 0 Å². The first-order chi connectivity index (χ1) is 8.31. The van der Waals surface area contributed by atoms with E-state index in [-0.39, 0.29) is 0 Å². The monoisotopic (exact) mass is 264 g/mol. The lowest BCUT2D eigenvalue weighted by molar-refractivity contribution is 0.429. The molecule has 88 valence electrons. The molecular weight excluding hydrogens is 252 g/mol. The maximum Gasteiger partial charge on any atom is 0.276 e. The standard InChI is InChI=1S/C12H12N2OS2/c1-8-13-14-12(15-8)16-7-10-6-9-4-2-3-5-11(9)17-10/h2-5,10H,6-7H2,1H3. The lowest BCUT2D eigenvalue weighted by Gasteiger charge is -2.04. The minimum absolute atomic E-state index is 0.615. The van der Waals surface area contributed by atoms with Gasteiger partial charge in [-0.2, -0.15) is 0 Å². The van der Waals surface area contributed by atoms with Crippen LogP contribution in [0.2, 0.25) is 0 Å². The van der Waals surface area contributed by atoms with Crippen molar-refractivity contribution < 1.29 is 4.42 Å². The normalized spacial score (nSPS) is 18.3. The van der Waals surface area contributed by atoms with E-state index in [4.69, 9.17) is 4.42 Å². The van der Waals surface area contributed by atoms with E-state index in [2.05, 4.69) is 34.5 Å². The molecule has 5 heteroatoms. The fraction of sp³-hybridized carbons (Fsp3) is 0.333. The van der Waals surface area contributed by atoms with Crippen molar-refractivity contribution in [1.29, 1.82) is 0 Å². The Balaban J connectivity index is 1.59. The van der Waals surface area contributed by atoms with Gasteiger partial charge in [0.15, 0.2) is 0 Å². The van der Waals surface area contributed by atoms with E-state index < -0.39 is 0 Å². The fourth-order valence-electron chi connectivity index (χ4n) is 1.85. The highest BCUT2D eigenvalue weighted by atomic mass is 32.2. The highest BCUT2D eigenvalue weighted by Gasteiger charge is 2.22. The summed E-state index contributed by atoms with van der Waals surface area (Å²) >= 11 is 3.60. The van der Waals surface area contributed by atoms with Gasteiger partial charge < -0.3 is 4.42 Å². The van der Waals surface area contributed by atoms with Gasteiger partial charge in [-0.1, -0.05) is 30.0 Å². The molecule has 1 atom stereocenters. The number of rotatable bonds is 3. The van der Waals surface area contributed by atoms with Crippen LogP contribution in [0.4, 0.5) is 0 Å². The number of nitrogens with zero attached hydrogens (tertiary/aromatic N) is 2. The zero-order valence-corrected chi connectivity index (χ0v) is 11.1. The number of hydrogen-bond acceptors (Lipinski definition) is 5. The maximum atomic E-state index is 5.35. The van der Waals surface area contributed by atoms with Crippen molar-refractivity contribution in [3.05, 3.63) is 35.7 Å². The molecule has 0 radical (unpaired) electrons. The molecule has 17 heavy (non-hydrogen) atoms. The minimum Gasteiger partial charge on any atom is -0.416 e. The highest BCUT2D eigenvalue weighted by Crippen LogP contribution is 2.38. The van der Waals surface area contributed by atoms with E-state index in [1.165, 1.54) is 10.5 Å². The van der Waals surface area contributed by atoms with Crippen LogP contribution in [0, 0.1) is 6.92 Å². The predicted octanol–water partition coefficient (Wildman–Crippen LogP) is 3.19. The fourth-order valence-corrected chi connectivity index (χ4v) is 4.13. The van der Waals surface area contributed by atoms with Gasteiger partial charge in [0.2, 0.25) is 5.89 Å². The van der Waals surface area contributed by atoms with Crippen LogP contribution in [-0.2, 0) is 6.42 Å². The molecule has 0 amide bonds. The number of benzene rings is 1. The van der Waals surface area contributed by atoms with Gasteiger partial charge in [-0.25, -0.2) is 0 Å². The largest absolute Gasteiger partial charge is 0.416 e. The minimum atomic E-state index is 0.615. The highest BCUT2D eigenvalue weighted by molar-refractivity contribution is 8.03. The first kappa shape index (κ1) is 11.2. The third kappa shape index (κ3) is 2.50. The first-order valence-electron chi connectivity index (χ1n) is 5.49. The predicted molar refractivity (Wildman–Crippen MR) is 69.6 cm³/mol. The zero-order valence-electron chi connectivity index (χ0n) is 9.42. The molecule has 0 saturated carbocycles. The van der Waals surface area contributed by atoms with Crippen LogP contribution in [0.5, 0.6) is 0 Å². The van der Waals surface area contributed by atoms with Crippen molar-refractivity contribution in [2.45, 2.75) is 28.7 Å². The smallest absolute Gasteiger partial charge is 0.276 e. The van der Waals surface area contributed by atoms with E-state index in [0.29, 0.717) is 16.4 Å². The van der Waals surface area contributed by atoms with E-state index in [0.717, 1.165) is 12.2 Å². The Morgan fingerprint density at radius 1 is 1.41 bits per heavy atom. The van der Waals surface area contributed by atoms with Crippen molar-refractivity contribution in [2.75, 3.05) is 5.75 Å². The third-order valence-electron chi connectivity index (χ3n) is 2.61. The Hall–Kier alpha value is -0.940. The molecule has 3 nitrogen and oxygen atoms in total. The van der Waals surface area contributed by atoms with Gasteiger partial charge in [-0.3, -0.25) is 0 Å². The second-order valence-corrected chi connectivity index (χ2v) is 6.26. The van der Waals surface area contributed by atoms with Crippen LogP contribution in [0.25, 0.3) is 0 Å². The van der Waals surface area contributed by atoms with Crippen LogP contribution in [-0.4, -0.2) is 21.2 Å². The summed E-state index contributed by atoms with van der Waals surface area (Å²) in [7, 11) is 0. The average Bonchev–Trinajstić information content (AvgIpc) is 2.91. The Kier molecular flexibility index (Phi) is 3.11. The van der Waals surface area contributed by atoms with E-state index in [1.807, 2.05) is 18.7 Å². The van der Waals surface area contributed by atoms with Crippen LogP contribution in [0.1, 0.15) is 11.5 Å². The van der Waals surface area contributed by atoms with E-state index in [1.54, 1.807) is 11.8 Å². The molecule has 1 aromatic heterocycles. The second kappa shape index (κ2) is 4.74. The molecule has 0 fully saturated rings. The van der Waals surface area contributed by atoms with E-state index in [9.17, 15) is 0 Å². The summed E-state index contributed by atoms with van der Waals surface area (Å²) < 4.78 is 5.35. The summed E-state index contributed by atoms with van der Waals surface area (Å²) in [5.41, 5.74) is 1.46. The molecule has 2 heterocycles. The molecule has 2 aromatic rings. The van der Waals surface area contributed by atoms with Gasteiger partial charge in [0, 0.05) is 22.8 Å². The van der Waals surface area contributed by atoms with Crippen molar-refractivity contribution >= 4 is 23.5 Å². The van der Waals surface area contributed by atoms with Crippen LogP contribution in [0.15, 0.2) is 38.8 Å². The summed E-state index contributed by atoms with van der Waals surface area (Å²) in [5, 5.41) is 9.11. The summed E-state index contributed by atoms with van der Waals surface area (Å²) in [6.07, 6.45) is 1.14. The van der Waals surface area contributed by atoms with Gasteiger partial charge in [0.1, 0.15) is 0 Å². The Morgan fingerprint density at radius 2 is 2.29 bits per heavy atom. The second-order valence-electron chi connectivity index (χ2n) is 3.95. The van der Waals surface area contributed by atoms with Gasteiger partial charge in [-0.15, -0.1) is 22.0 Å². The van der Waals surface area contributed by atoms with Gasteiger partial charge in [0.05, 0.1) is 0 Å². The molecule has 0 aliphatic carbocycles.